The Hall–Kier alpha value is -1.56. The fraction of sp³-hybridized carbons (Fsp3) is 0.600. The Balaban J connectivity index is 1.53. The highest BCUT2D eigenvalue weighted by atomic mass is 79.9. The predicted octanol–water partition coefficient (Wildman–Crippen LogP) is 3.30. The zero-order valence-corrected chi connectivity index (χ0v) is 17.1. The van der Waals surface area contributed by atoms with Crippen LogP contribution in [0.25, 0.3) is 0 Å². The van der Waals surface area contributed by atoms with E-state index >= 15 is 0 Å². The van der Waals surface area contributed by atoms with Gasteiger partial charge in [0.15, 0.2) is 5.96 Å². The number of nitrogens with zero attached hydrogens (tertiary/aromatic N) is 2. The van der Waals surface area contributed by atoms with Gasteiger partial charge in [-0.15, -0.1) is 0 Å². The zero-order chi connectivity index (χ0) is 18.4. The molecule has 142 valence electrons. The van der Waals surface area contributed by atoms with Gasteiger partial charge in [-0.1, -0.05) is 40.9 Å². The Morgan fingerprint density at radius 1 is 1.23 bits per heavy atom. The van der Waals surface area contributed by atoms with E-state index in [2.05, 4.69) is 45.6 Å². The average molecular weight is 421 g/mol. The molecule has 0 bridgehead atoms. The molecule has 2 aliphatic rings. The maximum absolute atomic E-state index is 12.6. The molecule has 0 radical (unpaired) electrons. The van der Waals surface area contributed by atoms with Gasteiger partial charge in [0.25, 0.3) is 0 Å². The third kappa shape index (κ3) is 5.22. The van der Waals surface area contributed by atoms with Crippen LogP contribution in [0.5, 0.6) is 0 Å². The van der Waals surface area contributed by atoms with Crippen molar-refractivity contribution >= 4 is 27.8 Å². The summed E-state index contributed by atoms with van der Waals surface area (Å²) in [6.07, 6.45) is 5.55. The molecule has 1 unspecified atom stereocenters. The molecule has 1 aliphatic carbocycles. The number of carbonyl (C=O) groups is 1. The number of nitrogens with one attached hydrogen (secondary N) is 2. The number of hydrogen-bond donors (Lipinski definition) is 2. The number of benzene rings is 1. The molecule has 2 N–H and O–H groups in total. The van der Waals surface area contributed by atoms with Gasteiger partial charge in [0.05, 0.1) is 6.54 Å². The van der Waals surface area contributed by atoms with Crippen LogP contribution in [0, 0.1) is 5.92 Å². The van der Waals surface area contributed by atoms with Crippen molar-refractivity contribution in [2.75, 3.05) is 19.6 Å². The summed E-state index contributed by atoms with van der Waals surface area (Å²) in [4.78, 5) is 19.3. The van der Waals surface area contributed by atoms with E-state index in [9.17, 15) is 4.79 Å². The maximum atomic E-state index is 12.6. The van der Waals surface area contributed by atoms with Crippen LogP contribution < -0.4 is 10.6 Å². The Labute approximate surface area is 164 Å². The molecule has 1 amide bonds. The highest BCUT2D eigenvalue weighted by Gasteiger charge is 2.32. The monoisotopic (exact) mass is 420 g/mol. The van der Waals surface area contributed by atoms with Crippen LogP contribution in [-0.4, -0.2) is 42.4 Å². The van der Waals surface area contributed by atoms with E-state index in [1.54, 1.807) is 0 Å². The standard InChI is InChI=1S/C20H29BrN4O/c1-2-22-20(23-13-15-7-9-17(21)10-8-15)24-18-11-12-25(14-18)19(26)16-5-3-4-6-16/h7-10,16,18H,2-6,11-14H2,1H3,(H2,22,23,24). The van der Waals surface area contributed by atoms with Gasteiger partial charge in [-0.05, 0) is 43.9 Å². The van der Waals surface area contributed by atoms with Gasteiger partial charge in [-0.3, -0.25) is 4.79 Å². The van der Waals surface area contributed by atoms with Gasteiger partial charge < -0.3 is 15.5 Å². The zero-order valence-electron chi connectivity index (χ0n) is 15.5. The van der Waals surface area contributed by atoms with E-state index in [0.29, 0.717) is 12.5 Å². The number of carbonyl (C=O) groups excluding carboxylic acids is 1. The topological polar surface area (TPSA) is 56.7 Å². The first-order chi connectivity index (χ1) is 12.7. The lowest BCUT2D eigenvalue weighted by molar-refractivity contribution is -0.134. The van der Waals surface area contributed by atoms with Crippen LogP contribution >= 0.6 is 15.9 Å². The van der Waals surface area contributed by atoms with Gasteiger partial charge in [0, 0.05) is 36.1 Å². The molecule has 3 rings (SSSR count). The molecule has 1 saturated carbocycles. The third-order valence-electron chi connectivity index (χ3n) is 5.22. The SMILES string of the molecule is CCNC(=NCc1ccc(Br)cc1)NC1CCN(C(=O)C2CCCC2)C1. The Bertz CT molecular complexity index is 625. The van der Waals surface area contributed by atoms with E-state index in [1.165, 1.54) is 18.4 Å². The summed E-state index contributed by atoms with van der Waals surface area (Å²) in [5.74, 6) is 1.47. The second-order valence-corrected chi connectivity index (χ2v) is 8.13. The minimum absolute atomic E-state index is 0.271. The van der Waals surface area contributed by atoms with Gasteiger partial charge in [-0.2, -0.15) is 0 Å². The van der Waals surface area contributed by atoms with Crippen molar-refractivity contribution in [3.63, 3.8) is 0 Å². The molecular formula is C20H29BrN4O. The van der Waals surface area contributed by atoms with E-state index in [4.69, 9.17) is 4.99 Å². The first-order valence-electron chi connectivity index (χ1n) is 9.73. The highest BCUT2D eigenvalue weighted by molar-refractivity contribution is 9.10. The van der Waals surface area contributed by atoms with Gasteiger partial charge >= 0.3 is 0 Å². The van der Waals surface area contributed by atoms with E-state index in [0.717, 1.165) is 49.3 Å². The van der Waals surface area contributed by atoms with Crippen LogP contribution in [0.2, 0.25) is 0 Å². The van der Waals surface area contributed by atoms with Crippen LogP contribution in [0.4, 0.5) is 0 Å². The molecule has 26 heavy (non-hydrogen) atoms. The minimum Gasteiger partial charge on any atom is -0.357 e. The number of halogens is 1. The Morgan fingerprint density at radius 3 is 2.65 bits per heavy atom. The number of amides is 1. The van der Waals surface area contributed by atoms with Gasteiger partial charge in [0.1, 0.15) is 0 Å². The lowest BCUT2D eigenvalue weighted by Crippen LogP contribution is -2.45. The molecule has 1 atom stereocenters. The number of hydrogen-bond acceptors (Lipinski definition) is 2. The van der Waals surface area contributed by atoms with Gasteiger partial charge in [-0.25, -0.2) is 4.99 Å². The van der Waals surface area contributed by atoms with Crippen LogP contribution in [0.1, 0.15) is 44.6 Å². The number of guanidine groups is 1. The molecule has 1 heterocycles. The van der Waals surface area contributed by atoms with Crippen molar-refractivity contribution in [3.8, 4) is 0 Å². The fourth-order valence-electron chi connectivity index (χ4n) is 3.78. The van der Waals surface area contributed by atoms with E-state index in [1.807, 2.05) is 17.0 Å². The Morgan fingerprint density at radius 2 is 1.96 bits per heavy atom. The molecule has 1 aromatic rings. The van der Waals surface area contributed by atoms with Crippen LogP contribution in [-0.2, 0) is 11.3 Å². The van der Waals surface area contributed by atoms with Crippen LogP contribution in [0.15, 0.2) is 33.7 Å². The number of likely N-dealkylation sites (tertiary alicyclic amines) is 1. The number of aliphatic imine (C=N–C) groups is 1. The van der Waals surface area contributed by atoms with Crippen molar-refractivity contribution in [1.82, 2.24) is 15.5 Å². The summed E-state index contributed by atoms with van der Waals surface area (Å²) in [6.45, 7) is 5.18. The minimum atomic E-state index is 0.271. The second-order valence-electron chi connectivity index (χ2n) is 7.22. The smallest absolute Gasteiger partial charge is 0.225 e. The van der Waals surface area contributed by atoms with Crippen molar-refractivity contribution in [2.45, 2.75) is 51.6 Å². The molecule has 1 aromatic carbocycles. The molecule has 0 aromatic heterocycles. The highest BCUT2D eigenvalue weighted by Crippen LogP contribution is 2.27. The summed E-state index contributed by atoms with van der Waals surface area (Å²) < 4.78 is 1.08. The van der Waals surface area contributed by atoms with Crippen LogP contribution in [0.3, 0.4) is 0 Å². The first kappa shape index (κ1) is 19.2. The average Bonchev–Trinajstić information content (AvgIpc) is 3.33. The largest absolute Gasteiger partial charge is 0.357 e. The Kier molecular flexibility index (Phi) is 6.94. The third-order valence-corrected chi connectivity index (χ3v) is 5.75. The molecular weight excluding hydrogens is 392 g/mol. The van der Waals surface area contributed by atoms with Crippen molar-refractivity contribution in [3.05, 3.63) is 34.3 Å². The summed E-state index contributed by atoms with van der Waals surface area (Å²) in [7, 11) is 0. The van der Waals surface area contributed by atoms with Crippen molar-refractivity contribution in [1.29, 1.82) is 0 Å². The predicted molar refractivity (Wildman–Crippen MR) is 109 cm³/mol. The fourth-order valence-corrected chi connectivity index (χ4v) is 4.05. The molecule has 0 spiro atoms. The molecule has 5 nitrogen and oxygen atoms in total. The molecule has 6 heteroatoms. The summed E-state index contributed by atoms with van der Waals surface area (Å²) in [5, 5.41) is 6.83. The van der Waals surface area contributed by atoms with Gasteiger partial charge in [0.2, 0.25) is 5.91 Å². The normalized spacial score (nSPS) is 21.2. The molecule has 1 aliphatic heterocycles. The van der Waals surface area contributed by atoms with Crippen molar-refractivity contribution < 1.29 is 4.79 Å². The second kappa shape index (κ2) is 9.40. The summed E-state index contributed by atoms with van der Waals surface area (Å²) >= 11 is 3.46. The summed E-state index contributed by atoms with van der Waals surface area (Å²) in [5.41, 5.74) is 1.18. The number of rotatable bonds is 5. The van der Waals surface area contributed by atoms with Crippen molar-refractivity contribution in [2.24, 2.45) is 10.9 Å². The first-order valence-corrected chi connectivity index (χ1v) is 10.5. The van der Waals surface area contributed by atoms with E-state index < -0.39 is 0 Å². The summed E-state index contributed by atoms with van der Waals surface area (Å²) in [6, 6.07) is 8.51. The molecule has 1 saturated heterocycles. The quantitative estimate of drug-likeness (QED) is 0.567. The lowest BCUT2D eigenvalue weighted by Gasteiger charge is -2.21. The van der Waals surface area contributed by atoms with E-state index in [-0.39, 0.29) is 12.0 Å². The maximum Gasteiger partial charge on any atom is 0.225 e. The lowest BCUT2D eigenvalue weighted by atomic mass is 10.1. The molecule has 2 fully saturated rings.